The molecule has 0 fully saturated rings. The largest absolute Gasteiger partial charge is 0.353 e. The monoisotopic (exact) mass is 286 g/mol. The molecule has 5 heteroatoms. The maximum atomic E-state index is 12.4. The van der Waals surface area contributed by atoms with Gasteiger partial charge in [-0.3, -0.25) is 9.69 Å². The first-order chi connectivity index (χ1) is 10.1. The van der Waals surface area contributed by atoms with Crippen LogP contribution in [0.2, 0.25) is 0 Å². The average molecular weight is 286 g/mol. The molecule has 0 aliphatic heterocycles. The average Bonchev–Trinajstić information content (AvgIpc) is 2.91. The lowest BCUT2D eigenvalue weighted by molar-refractivity contribution is -0.125. The Morgan fingerprint density at radius 2 is 2.24 bits per heavy atom. The van der Waals surface area contributed by atoms with Gasteiger partial charge in [-0.15, -0.1) is 0 Å². The maximum absolute atomic E-state index is 12.4. The standard InChI is InChI=1S/C16H22N4O/c1-13-5-4-6-14(11-13)15(19(2)3)16(21)18-8-10-20-9-7-17-12-20/h4-7,9,11-12,15H,8,10H2,1-3H3,(H,18,21)/t15-/m0/s1. The molecule has 1 heterocycles. The molecule has 112 valence electrons. The van der Waals surface area contributed by atoms with Crippen molar-refractivity contribution < 1.29 is 4.79 Å². The molecule has 0 bridgehead atoms. The molecule has 1 atom stereocenters. The van der Waals surface area contributed by atoms with E-state index in [0.717, 1.165) is 17.7 Å². The minimum atomic E-state index is -0.271. The highest BCUT2D eigenvalue weighted by Crippen LogP contribution is 2.19. The molecule has 0 saturated heterocycles. The molecule has 0 spiro atoms. The van der Waals surface area contributed by atoms with Crippen LogP contribution in [0.3, 0.4) is 0 Å². The lowest BCUT2D eigenvalue weighted by Gasteiger charge is -2.24. The number of carbonyl (C=O) groups is 1. The molecule has 5 nitrogen and oxygen atoms in total. The third kappa shape index (κ3) is 4.16. The molecule has 0 radical (unpaired) electrons. The van der Waals surface area contributed by atoms with Crippen molar-refractivity contribution in [3.05, 3.63) is 54.1 Å². The first-order valence-corrected chi connectivity index (χ1v) is 7.04. The van der Waals surface area contributed by atoms with Crippen LogP contribution in [-0.4, -0.2) is 41.0 Å². The number of nitrogens with zero attached hydrogens (tertiary/aromatic N) is 3. The van der Waals surface area contributed by atoms with Crippen molar-refractivity contribution in [2.24, 2.45) is 0 Å². The van der Waals surface area contributed by atoms with Gasteiger partial charge in [-0.25, -0.2) is 4.98 Å². The lowest BCUT2D eigenvalue weighted by atomic mass is 10.0. The third-order valence-corrected chi connectivity index (χ3v) is 3.35. The second-order valence-corrected chi connectivity index (χ2v) is 5.37. The SMILES string of the molecule is Cc1cccc([C@@H](C(=O)NCCn2ccnc2)N(C)C)c1. The molecule has 21 heavy (non-hydrogen) atoms. The molecule has 1 aromatic heterocycles. The van der Waals surface area contributed by atoms with Gasteiger partial charge in [0.05, 0.1) is 6.33 Å². The van der Waals surface area contributed by atoms with E-state index < -0.39 is 0 Å². The van der Waals surface area contributed by atoms with Crippen LogP contribution in [0.1, 0.15) is 17.2 Å². The van der Waals surface area contributed by atoms with Crippen LogP contribution in [0.25, 0.3) is 0 Å². The Balaban J connectivity index is 1.99. The van der Waals surface area contributed by atoms with Gasteiger partial charge >= 0.3 is 0 Å². The number of benzene rings is 1. The van der Waals surface area contributed by atoms with Crippen molar-refractivity contribution in [1.82, 2.24) is 19.8 Å². The summed E-state index contributed by atoms with van der Waals surface area (Å²) in [5, 5.41) is 2.99. The number of rotatable bonds is 6. The van der Waals surface area contributed by atoms with Gasteiger partial charge in [-0.1, -0.05) is 29.8 Å². The van der Waals surface area contributed by atoms with E-state index in [4.69, 9.17) is 0 Å². The number of amides is 1. The van der Waals surface area contributed by atoms with Crippen LogP contribution in [0.5, 0.6) is 0 Å². The fourth-order valence-electron chi connectivity index (χ4n) is 2.35. The normalized spacial score (nSPS) is 12.4. The number of nitrogens with one attached hydrogen (secondary N) is 1. The van der Waals surface area contributed by atoms with Crippen molar-refractivity contribution in [3.63, 3.8) is 0 Å². The zero-order valence-corrected chi connectivity index (χ0v) is 12.8. The first-order valence-electron chi connectivity index (χ1n) is 7.04. The summed E-state index contributed by atoms with van der Waals surface area (Å²) >= 11 is 0. The predicted molar refractivity (Wildman–Crippen MR) is 82.8 cm³/mol. The number of carbonyl (C=O) groups excluding carboxylic acids is 1. The molecular formula is C16H22N4O. The van der Waals surface area contributed by atoms with Crippen molar-refractivity contribution in [2.45, 2.75) is 19.5 Å². The fourth-order valence-corrected chi connectivity index (χ4v) is 2.35. The van der Waals surface area contributed by atoms with Crippen molar-refractivity contribution in [1.29, 1.82) is 0 Å². The van der Waals surface area contributed by atoms with Crippen molar-refractivity contribution in [3.8, 4) is 0 Å². The summed E-state index contributed by atoms with van der Waals surface area (Å²) < 4.78 is 1.94. The molecule has 0 aliphatic carbocycles. The number of imidazole rings is 1. The Morgan fingerprint density at radius 1 is 1.43 bits per heavy atom. The summed E-state index contributed by atoms with van der Waals surface area (Å²) in [7, 11) is 3.84. The molecule has 2 rings (SSSR count). The van der Waals surface area contributed by atoms with Crippen LogP contribution >= 0.6 is 0 Å². The van der Waals surface area contributed by atoms with Gasteiger partial charge in [0.2, 0.25) is 5.91 Å². The first kappa shape index (κ1) is 15.3. The van der Waals surface area contributed by atoms with Gasteiger partial charge in [0.15, 0.2) is 0 Å². The summed E-state index contributed by atoms with van der Waals surface area (Å²) in [5.74, 6) is 0.0192. The summed E-state index contributed by atoms with van der Waals surface area (Å²) in [5.41, 5.74) is 2.17. The maximum Gasteiger partial charge on any atom is 0.242 e. The summed E-state index contributed by atoms with van der Waals surface area (Å²) in [4.78, 5) is 18.4. The molecule has 1 aromatic carbocycles. The minimum absolute atomic E-state index is 0.0192. The molecule has 0 unspecified atom stereocenters. The van der Waals surface area contributed by atoms with E-state index in [0.29, 0.717) is 6.54 Å². The van der Waals surface area contributed by atoms with Crippen molar-refractivity contribution in [2.75, 3.05) is 20.6 Å². The number of aryl methyl sites for hydroxylation is 1. The van der Waals surface area contributed by atoms with Gasteiger partial charge in [-0.2, -0.15) is 0 Å². The van der Waals surface area contributed by atoms with Gasteiger partial charge in [0.1, 0.15) is 6.04 Å². The Labute approximate surface area is 125 Å². The van der Waals surface area contributed by atoms with E-state index in [-0.39, 0.29) is 11.9 Å². The quantitative estimate of drug-likeness (QED) is 0.878. The highest BCUT2D eigenvalue weighted by atomic mass is 16.2. The Hall–Kier alpha value is -2.14. The number of likely N-dealkylation sites (N-methyl/N-ethyl adjacent to an activating group) is 1. The van der Waals surface area contributed by atoms with Crippen LogP contribution in [0.15, 0.2) is 43.0 Å². The van der Waals surface area contributed by atoms with E-state index in [1.165, 1.54) is 0 Å². The Morgan fingerprint density at radius 3 is 2.86 bits per heavy atom. The van der Waals surface area contributed by atoms with Crippen LogP contribution in [0, 0.1) is 6.92 Å². The third-order valence-electron chi connectivity index (χ3n) is 3.35. The minimum Gasteiger partial charge on any atom is -0.353 e. The molecule has 0 saturated carbocycles. The second kappa shape index (κ2) is 7.04. The topological polar surface area (TPSA) is 50.2 Å². The summed E-state index contributed by atoms with van der Waals surface area (Å²) in [6.07, 6.45) is 5.36. The molecule has 1 amide bonds. The van der Waals surface area contributed by atoms with Gasteiger partial charge in [0, 0.05) is 25.5 Å². The van der Waals surface area contributed by atoms with Crippen molar-refractivity contribution >= 4 is 5.91 Å². The molecule has 2 aromatic rings. The number of hydrogen-bond donors (Lipinski definition) is 1. The fraction of sp³-hybridized carbons (Fsp3) is 0.375. The van der Waals surface area contributed by atoms with Gasteiger partial charge in [-0.05, 0) is 26.6 Å². The molecule has 0 aliphatic rings. The Kier molecular flexibility index (Phi) is 5.11. The van der Waals surface area contributed by atoms with E-state index >= 15 is 0 Å². The van der Waals surface area contributed by atoms with Crippen LogP contribution in [-0.2, 0) is 11.3 Å². The Bertz CT molecular complexity index is 578. The summed E-state index contributed by atoms with van der Waals surface area (Å²) in [6, 6.07) is 7.80. The number of aromatic nitrogens is 2. The highest BCUT2D eigenvalue weighted by Gasteiger charge is 2.22. The lowest BCUT2D eigenvalue weighted by Crippen LogP contribution is -2.38. The predicted octanol–water partition coefficient (Wildman–Crippen LogP) is 1.61. The number of hydrogen-bond acceptors (Lipinski definition) is 3. The smallest absolute Gasteiger partial charge is 0.242 e. The van der Waals surface area contributed by atoms with Gasteiger partial charge in [0.25, 0.3) is 0 Å². The zero-order chi connectivity index (χ0) is 15.2. The van der Waals surface area contributed by atoms with E-state index in [1.807, 2.05) is 54.9 Å². The van der Waals surface area contributed by atoms with E-state index in [9.17, 15) is 4.79 Å². The van der Waals surface area contributed by atoms with Crippen LogP contribution in [0.4, 0.5) is 0 Å². The highest BCUT2D eigenvalue weighted by molar-refractivity contribution is 5.83. The zero-order valence-electron chi connectivity index (χ0n) is 12.8. The molecule has 1 N–H and O–H groups in total. The van der Waals surface area contributed by atoms with Gasteiger partial charge < -0.3 is 9.88 Å². The summed E-state index contributed by atoms with van der Waals surface area (Å²) in [6.45, 7) is 3.35. The van der Waals surface area contributed by atoms with E-state index in [2.05, 4.69) is 16.4 Å². The second-order valence-electron chi connectivity index (χ2n) is 5.37. The van der Waals surface area contributed by atoms with E-state index in [1.54, 1.807) is 12.5 Å². The molecular weight excluding hydrogens is 264 g/mol. The van der Waals surface area contributed by atoms with Crippen LogP contribution < -0.4 is 5.32 Å².